The third-order valence-electron chi connectivity index (χ3n) is 5.72. The van der Waals surface area contributed by atoms with Gasteiger partial charge in [-0.1, -0.05) is 48.5 Å². The number of rotatable bonds is 4. The summed E-state index contributed by atoms with van der Waals surface area (Å²) in [5, 5.41) is 4.30. The molecule has 0 bridgehead atoms. The summed E-state index contributed by atoms with van der Waals surface area (Å²) in [6.45, 7) is 3.12. The highest BCUT2D eigenvalue weighted by atomic mass is 16.2. The molecular formula is C25H24N4O. The molecule has 1 N–H and O–H groups in total. The van der Waals surface area contributed by atoms with E-state index in [1.54, 1.807) is 6.20 Å². The van der Waals surface area contributed by atoms with Gasteiger partial charge in [0.25, 0.3) is 5.91 Å². The van der Waals surface area contributed by atoms with Crippen LogP contribution >= 0.6 is 0 Å². The van der Waals surface area contributed by atoms with Crippen LogP contribution in [0, 0.1) is 0 Å². The molecule has 3 heterocycles. The molecule has 0 radical (unpaired) electrons. The number of hydrogen-bond donors (Lipinski definition) is 1. The van der Waals surface area contributed by atoms with E-state index in [4.69, 9.17) is 0 Å². The Balaban J connectivity index is 1.75. The van der Waals surface area contributed by atoms with Crippen LogP contribution in [0.2, 0.25) is 0 Å². The lowest BCUT2D eigenvalue weighted by molar-refractivity contribution is 0.0736. The van der Waals surface area contributed by atoms with E-state index in [9.17, 15) is 4.79 Å². The zero-order valence-corrected chi connectivity index (χ0v) is 16.8. The van der Waals surface area contributed by atoms with E-state index in [2.05, 4.69) is 39.1 Å². The molecule has 0 unspecified atom stereocenters. The van der Waals surface area contributed by atoms with Gasteiger partial charge in [-0.25, -0.2) is 0 Å². The monoisotopic (exact) mass is 396 g/mol. The first-order valence-corrected chi connectivity index (χ1v) is 10.4. The quantitative estimate of drug-likeness (QED) is 0.573. The van der Waals surface area contributed by atoms with E-state index in [1.165, 1.54) is 5.56 Å². The molecular weight excluding hydrogens is 372 g/mol. The molecule has 0 saturated carbocycles. The number of nitrogens with zero attached hydrogens (tertiary/aromatic N) is 3. The van der Waals surface area contributed by atoms with Gasteiger partial charge in [0.2, 0.25) is 0 Å². The summed E-state index contributed by atoms with van der Waals surface area (Å²) in [5.74, 6) is 0.105. The van der Waals surface area contributed by atoms with Gasteiger partial charge in [0, 0.05) is 55.6 Å². The van der Waals surface area contributed by atoms with Gasteiger partial charge in [0.15, 0.2) is 0 Å². The zero-order chi connectivity index (χ0) is 20.3. The van der Waals surface area contributed by atoms with Crippen LogP contribution in [0.3, 0.4) is 0 Å². The van der Waals surface area contributed by atoms with Crippen molar-refractivity contribution in [3.63, 3.8) is 0 Å². The topological polar surface area (TPSA) is 50.2 Å². The van der Waals surface area contributed by atoms with Crippen molar-refractivity contribution in [1.29, 1.82) is 0 Å². The molecule has 0 spiro atoms. The van der Waals surface area contributed by atoms with Crippen LogP contribution in [0.1, 0.15) is 21.6 Å². The number of carbonyl (C=O) groups is 1. The van der Waals surface area contributed by atoms with Gasteiger partial charge in [-0.15, -0.1) is 0 Å². The minimum absolute atomic E-state index is 0.105. The zero-order valence-electron chi connectivity index (χ0n) is 16.8. The van der Waals surface area contributed by atoms with E-state index in [0.29, 0.717) is 6.42 Å². The van der Waals surface area contributed by atoms with Crippen LogP contribution in [0.5, 0.6) is 0 Å². The van der Waals surface area contributed by atoms with Crippen LogP contribution in [0.25, 0.3) is 16.6 Å². The Hall–Kier alpha value is -3.44. The number of aromatic nitrogens is 2. The van der Waals surface area contributed by atoms with Crippen molar-refractivity contribution in [3.8, 4) is 5.69 Å². The number of benzene rings is 2. The molecule has 5 rings (SSSR count). The van der Waals surface area contributed by atoms with Crippen molar-refractivity contribution in [2.45, 2.75) is 6.42 Å². The standard InChI is InChI=1S/C25H24N4O/c30-25(28-15-13-26-14-16-28)24-21-11-12-27-18-23(21)29(20-9-5-2-6-10-20)22(24)17-19-7-3-1-4-8-19/h1-12,18,26H,13-17H2. The number of nitrogens with one attached hydrogen (secondary N) is 1. The predicted octanol–water partition coefficient (Wildman–Crippen LogP) is 3.66. The highest BCUT2D eigenvalue weighted by Crippen LogP contribution is 2.32. The Morgan fingerprint density at radius 3 is 2.37 bits per heavy atom. The average Bonchev–Trinajstić information content (AvgIpc) is 3.14. The van der Waals surface area contributed by atoms with Gasteiger partial charge in [-0.05, 0) is 23.8 Å². The van der Waals surface area contributed by atoms with Crippen molar-refractivity contribution in [3.05, 3.63) is 95.9 Å². The molecule has 1 fully saturated rings. The molecule has 0 aliphatic carbocycles. The minimum Gasteiger partial charge on any atom is -0.336 e. The second-order valence-electron chi connectivity index (χ2n) is 7.59. The summed E-state index contributed by atoms with van der Waals surface area (Å²) in [6.07, 6.45) is 4.32. The third kappa shape index (κ3) is 3.37. The lowest BCUT2D eigenvalue weighted by atomic mass is 10.0. The third-order valence-corrected chi connectivity index (χ3v) is 5.72. The molecule has 1 aliphatic rings. The van der Waals surface area contributed by atoms with E-state index in [1.807, 2.05) is 53.6 Å². The van der Waals surface area contributed by atoms with Crippen LogP contribution in [0.15, 0.2) is 79.1 Å². The maximum atomic E-state index is 13.7. The van der Waals surface area contributed by atoms with E-state index < -0.39 is 0 Å². The lowest BCUT2D eigenvalue weighted by Gasteiger charge is -2.28. The van der Waals surface area contributed by atoms with Gasteiger partial charge in [0.05, 0.1) is 17.3 Å². The Labute approximate surface area is 176 Å². The summed E-state index contributed by atoms with van der Waals surface area (Å²) in [7, 11) is 0. The smallest absolute Gasteiger partial charge is 0.256 e. The lowest BCUT2D eigenvalue weighted by Crippen LogP contribution is -2.46. The molecule has 4 aromatic rings. The van der Waals surface area contributed by atoms with Crippen molar-refractivity contribution in [1.82, 2.24) is 19.8 Å². The SMILES string of the molecule is O=C(c1c(Cc2ccccc2)n(-c2ccccc2)c2cnccc12)N1CCNCC1. The summed E-state index contributed by atoms with van der Waals surface area (Å²) in [4.78, 5) is 20.1. The fourth-order valence-electron chi connectivity index (χ4n) is 4.28. The molecule has 150 valence electrons. The fraction of sp³-hybridized carbons (Fsp3) is 0.200. The molecule has 1 amide bonds. The minimum atomic E-state index is 0.105. The van der Waals surface area contributed by atoms with Crippen LogP contribution < -0.4 is 5.32 Å². The van der Waals surface area contributed by atoms with Crippen molar-refractivity contribution >= 4 is 16.8 Å². The number of hydrogen-bond acceptors (Lipinski definition) is 3. The fourth-order valence-corrected chi connectivity index (χ4v) is 4.28. The Morgan fingerprint density at radius 1 is 0.933 bits per heavy atom. The second-order valence-corrected chi connectivity index (χ2v) is 7.59. The summed E-state index contributed by atoms with van der Waals surface area (Å²) in [5.41, 5.74) is 5.00. The van der Waals surface area contributed by atoms with Gasteiger partial charge in [-0.2, -0.15) is 0 Å². The first-order valence-electron chi connectivity index (χ1n) is 10.4. The van der Waals surface area contributed by atoms with E-state index in [-0.39, 0.29) is 5.91 Å². The number of piperazine rings is 1. The van der Waals surface area contributed by atoms with Crippen molar-refractivity contribution < 1.29 is 4.79 Å². The maximum Gasteiger partial charge on any atom is 0.256 e. The number of fused-ring (bicyclic) bond motifs is 1. The number of para-hydroxylation sites is 1. The number of pyridine rings is 1. The molecule has 5 heteroatoms. The molecule has 1 aliphatic heterocycles. The van der Waals surface area contributed by atoms with Crippen molar-refractivity contribution in [2.75, 3.05) is 26.2 Å². The molecule has 0 atom stereocenters. The van der Waals surface area contributed by atoms with Gasteiger partial charge in [0.1, 0.15) is 0 Å². The Morgan fingerprint density at radius 2 is 1.63 bits per heavy atom. The number of amides is 1. The molecule has 5 nitrogen and oxygen atoms in total. The van der Waals surface area contributed by atoms with Gasteiger partial charge < -0.3 is 14.8 Å². The predicted molar refractivity (Wildman–Crippen MR) is 119 cm³/mol. The normalized spacial score (nSPS) is 14.2. The average molecular weight is 396 g/mol. The highest BCUT2D eigenvalue weighted by Gasteiger charge is 2.27. The van der Waals surface area contributed by atoms with E-state index in [0.717, 1.165) is 54.0 Å². The highest BCUT2D eigenvalue weighted by molar-refractivity contribution is 6.09. The van der Waals surface area contributed by atoms with Gasteiger partial charge >= 0.3 is 0 Å². The summed E-state index contributed by atoms with van der Waals surface area (Å²) < 4.78 is 2.20. The Kier molecular flexibility index (Phi) is 5.03. The molecule has 2 aromatic carbocycles. The first-order chi connectivity index (χ1) is 14.8. The summed E-state index contributed by atoms with van der Waals surface area (Å²) in [6, 6.07) is 22.6. The van der Waals surface area contributed by atoms with Crippen LogP contribution in [-0.2, 0) is 6.42 Å². The summed E-state index contributed by atoms with van der Waals surface area (Å²) >= 11 is 0. The molecule has 1 saturated heterocycles. The van der Waals surface area contributed by atoms with Crippen molar-refractivity contribution in [2.24, 2.45) is 0 Å². The van der Waals surface area contributed by atoms with Crippen LogP contribution in [0.4, 0.5) is 0 Å². The van der Waals surface area contributed by atoms with Crippen LogP contribution in [-0.4, -0.2) is 46.5 Å². The first kappa shape index (κ1) is 18.6. The second kappa shape index (κ2) is 8.13. The Bertz CT molecular complexity index is 1160. The molecule has 2 aromatic heterocycles. The number of carbonyl (C=O) groups excluding carboxylic acids is 1. The maximum absolute atomic E-state index is 13.7. The molecule has 30 heavy (non-hydrogen) atoms. The van der Waals surface area contributed by atoms with E-state index >= 15 is 0 Å². The largest absolute Gasteiger partial charge is 0.336 e. The van der Waals surface area contributed by atoms with Gasteiger partial charge in [-0.3, -0.25) is 9.78 Å².